The number of nitrogen functional groups attached to an aromatic ring is 1. The Bertz CT molecular complexity index is 930. The molecular weight excluding hydrogens is 319 g/mol. The van der Waals surface area contributed by atoms with Gasteiger partial charge in [-0.05, 0) is 42.3 Å². The molecule has 2 heterocycles. The maximum absolute atomic E-state index is 13.8. The van der Waals surface area contributed by atoms with Crippen LogP contribution < -0.4 is 5.73 Å². The minimum Gasteiger partial charge on any atom is -0.384 e. The Labute approximate surface area is 145 Å². The maximum atomic E-state index is 13.8. The number of H-pyrrole nitrogens is 1. The number of nitrogens with one attached hydrogen (secondary N) is 1. The highest BCUT2D eigenvalue weighted by Gasteiger charge is 2.19. The van der Waals surface area contributed by atoms with Gasteiger partial charge in [0.25, 0.3) is 0 Å². The van der Waals surface area contributed by atoms with Gasteiger partial charge in [0, 0.05) is 30.9 Å². The third kappa shape index (κ3) is 3.38. The molecule has 1 unspecified atom stereocenters. The summed E-state index contributed by atoms with van der Waals surface area (Å²) in [5.74, 6) is -0.0310. The van der Waals surface area contributed by atoms with Crippen molar-refractivity contribution in [3.05, 3.63) is 65.7 Å². The van der Waals surface area contributed by atoms with Crippen molar-refractivity contribution in [3.63, 3.8) is 0 Å². The van der Waals surface area contributed by atoms with E-state index < -0.39 is 0 Å². The number of aromatic nitrogens is 2. The molecular formula is C19H19FN4O. The largest absolute Gasteiger partial charge is 0.384 e. The number of fused-ring (bicyclic) bond motifs is 1. The zero-order chi connectivity index (χ0) is 18.0. The molecule has 6 heteroatoms. The van der Waals surface area contributed by atoms with Crippen LogP contribution in [-0.2, 0) is 4.79 Å². The second-order valence-electron chi connectivity index (χ2n) is 5.88. The number of aromatic amines is 1. The first kappa shape index (κ1) is 16.7. The Morgan fingerprint density at radius 3 is 2.88 bits per heavy atom. The Balaban J connectivity index is 1.79. The lowest BCUT2D eigenvalue weighted by atomic mass is 10.1. The predicted octanol–water partition coefficient (Wildman–Crippen LogP) is 3.52. The molecule has 0 bridgehead atoms. The molecule has 128 valence electrons. The number of hydrogen-bond acceptors (Lipinski definition) is 3. The summed E-state index contributed by atoms with van der Waals surface area (Å²) in [6.45, 7) is 1.91. The first-order chi connectivity index (χ1) is 12.0. The van der Waals surface area contributed by atoms with Crippen LogP contribution in [0.15, 0.2) is 48.8 Å². The summed E-state index contributed by atoms with van der Waals surface area (Å²) in [5, 5.41) is 0.777. The average Bonchev–Trinajstić information content (AvgIpc) is 3.05. The molecule has 3 rings (SSSR count). The molecule has 0 fully saturated rings. The Hall–Kier alpha value is -3.15. The lowest BCUT2D eigenvalue weighted by Crippen LogP contribution is -2.27. The first-order valence-electron chi connectivity index (χ1n) is 7.89. The van der Waals surface area contributed by atoms with E-state index in [1.165, 1.54) is 12.1 Å². The summed E-state index contributed by atoms with van der Waals surface area (Å²) in [7, 11) is 1.72. The number of anilines is 1. The maximum Gasteiger partial charge on any atom is 0.246 e. The number of halogens is 1. The number of nitrogens with two attached hydrogens (primary N) is 1. The van der Waals surface area contributed by atoms with Crippen LogP contribution in [0.4, 0.5) is 10.2 Å². The van der Waals surface area contributed by atoms with Gasteiger partial charge in [0.1, 0.15) is 11.6 Å². The number of para-hydroxylation sites is 1. The van der Waals surface area contributed by atoms with Crippen molar-refractivity contribution in [3.8, 4) is 0 Å². The van der Waals surface area contributed by atoms with Gasteiger partial charge in [-0.2, -0.15) is 0 Å². The highest BCUT2D eigenvalue weighted by Crippen LogP contribution is 2.28. The van der Waals surface area contributed by atoms with Crippen molar-refractivity contribution in [1.29, 1.82) is 0 Å². The normalized spacial score (nSPS) is 12.6. The van der Waals surface area contributed by atoms with Crippen molar-refractivity contribution < 1.29 is 9.18 Å². The molecule has 1 aromatic carbocycles. The Morgan fingerprint density at radius 2 is 2.16 bits per heavy atom. The molecule has 3 aromatic rings. The molecule has 25 heavy (non-hydrogen) atoms. The zero-order valence-electron chi connectivity index (χ0n) is 14.0. The number of pyridine rings is 1. The summed E-state index contributed by atoms with van der Waals surface area (Å²) in [6, 6.07) is 8.17. The number of benzene rings is 1. The van der Waals surface area contributed by atoms with E-state index in [0.29, 0.717) is 11.3 Å². The van der Waals surface area contributed by atoms with Crippen molar-refractivity contribution in [2.24, 2.45) is 0 Å². The van der Waals surface area contributed by atoms with E-state index in [0.717, 1.165) is 16.5 Å². The quantitative estimate of drug-likeness (QED) is 0.715. The van der Waals surface area contributed by atoms with Crippen LogP contribution in [0, 0.1) is 5.82 Å². The summed E-state index contributed by atoms with van der Waals surface area (Å²) < 4.78 is 13.8. The number of carbonyl (C=O) groups excluding carboxylic acids is 1. The minimum absolute atomic E-state index is 0.157. The second kappa shape index (κ2) is 6.76. The number of rotatable bonds is 4. The van der Waals surface area contributed by atoms with E-state index in [1.54, 1.807) is 48.6 Å². The molecule has 0 spiro atoms. The van der Waals surface area contributed by atoms with Crippen LogP contribution in [0.3, 0.4) is 0 Å². The van der Waals surface area contributed by atoms with E-state index in [2.05, 4.69) is 9.97 Å². The van der Waals surface area contributed by atoms with Crippen molar-refractivity contribution in [2.45, 2.75) is 13.0 Å². The van der Waals surface area contributed by atoms with E-state index in [-0.39, 0.29) is 17.8 Å². The van der Waals surface area contributed by atoms with Crippen LogP contribution >= 0.6 is 0 Å². The summed E-state index contributed by atoms with van der Waals surface area (Å²) in [6.07, 6.45) is 6.52. The molecule has 0 aliphatic heterocycles. The third-order valence-corrected chi connectivity index (χ3v) is 4.30. The SMILES string of the molecule is CC(c1c[nH]c2c(F)cccc12)N(C)C(=O)/C=C/c1ccc(N)nc1. The fourth-order valence-corrected chi connectivity index (χ4v) is 2.68. The van der Waals surface area contributed by atoms with Gasteiger partial charge in [0.2, 0.25) is 5.91 Å². The topological polar surface area (TPSA) is 75.0 Å². The van der Waals surface area contributed by atoms with Gasteiger partial charge in [0.15, 0.2) is 0 Å². The monoisotopic (exact) mass is 338 g/mol. The van der Waals surface area contributed by atoms with Crippen molar-refractivity contribution >= 4 is 28.7 Å². The first-order valence-corrected chi connectivity index (χ1v) is 7.89. The Morgan fingerprint density at radius 1 is 1.36 bits per heavy atom. The van der Waals surface area contributed by atoms with Gasteiger partial charge in [0.05, 0.1) is 11.6 Å². The molecule has 0 aliphatic rings. The number of hydrogen-bond donors (Lipinski definition) is 2. The molecule has 2 aromatic heterocycles. The number of likely N-dealkylation sites (N-methyl/N-ethyl adjacent to an activating group) is 1. The molecule has 1 atom stereocenters. The molecule has 0 saturated carbocycles. The number of amides is 1. The van der Waals surface area contributed by atoms with Crippen molar-refractivity contribution in [1.82, 2.24) is 14.9 Å². The second-order valence-corrected chi connectivity index (χ2v) is 5.88. The smallest absolute Gasteiger partial charge is 0.246 e. The molecule has 0 aliphatic carbocycles. The number of nitrogens with zero attached hydrogens (tertiary/aromatic N) is 2. The predicted molar refractivity (Wildman–Crippen MR) is 97.1 cm³/mol. The van der Waals surface area contributed by atoms with Crippen LogP contribution in [0.25, 0.3) is 17.0 Å². The lowest BCUT2D eigenvalue weighted by molar-refractivity contribution is -0.126. The Kier molecular flexibility index (Phi) is 4.52. The van der Waals surface area contributed by atoms with E-state index >= 15 is 0 Å². The van der Waals surface area contributed by atoms with E-state index in [4.69, 9.17) is 5.73 Å². The minimum atomic E-state index is -0.305. The molecule has 1 amide bonds. The fraction of sp³-hybridized carbons (Fsp3) is 0.158. The standard InChI is InChI=1S/C19H19FN4O/c1-12(15-11-23-19-14(15)4-3-5-16(19)20)24(2)18(25)9-7-13-6-8-17(21)22-10-13/h3-12,23H,1-2H3,(H2,21,22)/b9-7+. The highest BCUT2D eigenvalue weighted by molar-refractivity contribution is 5.92. The van der Waals surface area contributed by atoms with Gasteiger partial charge >= 0.3 is 0 Å². The van der Waals surface area contributed by atoms with Gasteiger partial charge in [-0.1, -0.05) is 12.1 Å². The van der Waals surface area contributed by atoms with Gasteiger partial charge in [-0.25, -0.2) is 9.37 Å². The summed E-state index contributed by atoms with van der Waals surface area (Å²) in [5.41, 5.74) is 7.65. The van der Waals surface area contributed by atoms with Gasteiger partial charge in [-0.15, -0.1) is 0 Å². The molecule has 5 nitrogen and oxygen atoms in total. The molecule has 0 radical (unpaired) electrons. The molecule has 3 N–H and O–H groups in total. The van der Waals surface area contributed by atoms with Crippen LogP contribution in [-0.4, -0.2) is 27.8 Å². The van der Waals surface area contributed by atoms with Gasteiger partial charge < -0.3 is 15.6 Å². The summed E-state index contributed by atoms with van der Waals surface area (Å²) in [4.78, 5) is 21.0. The van der Waals surface area contributed by atoms with Crippen LogP contribution in [0.5, 0.6) is 0 Å². The third-order valence-electron chi connectivity index (χ3n) is 4.30. The van der Waals surface area contributed by atoms with Crippen LogP contribution in [0.1, 0.15) is 24.1 Å². The lowest BCUT2D eigenvalue weighted by Gasteiger charge is -2.23. The zero-order valence-corrected chi connectivity index (χ0v) is 14.0. The van der Waals surface area contributed by atoms with Crippen molar-refractivity contribution in [2.75, 3.05) is 12.8 Å². The summed E-state index contributed by atoms with van der Waals surface area (Å²) >= 11 is 0. The number of carbonyl (C=O) groups is 1. The highest BCUT2D eigenvalue weighted by atomic mass is 19.1. The average molecular weight is 338 g/mol. The molecule has 0 saturated heterocycles. The fourth-order valence-electron chi connectivity index (χ4n) is 2.68. The van der Waals surface area contributed by atoms with E-state index in [9.17, 15) is 9.18 Å². The van der Waals surface area contributed by atoms with Gasteiger partial charge in [-0.3, -0.25) is 4.79 Å². The van der Waals surface area contributed by atoms with Crippen LogP contribution in [0.2, 0.25) is 0 Å². The van der Waals surface area contributed by atoms with E-state index in [1.807, 2.05) is 13.0 Å².